The molecule has 0 saturated carbocycles. The van der Waals surface area contributed by atoms with E-state index in [2.05, 4.69) is 9.97 Å². The van der Waals surface area contributed by atoms with E-state index in [1.54, 1.807) is 29.4 Å². The molecule has 6 heteroatoms. The number of imidazole rings is 1. The van der Waals surface area contributed by atoms with Crippen LogP contribution in [0.2, 0.25) is 0 Å². The molecule has 2 aromatic rings. The minimum absolute atomic E-state index is 0.0761. The second-order valence-corrected chi connectivity index (χ2v) is 4.75. The number of primary amides is 1. The second kappa shape index (κ2) is 5.09. The van der Waals surface area contributed by atoms with Gasteiger partial charge in [0, 0.05) is 11.8 Å². The zero-order chi connectivity index (χ0) is 14.0. The minimum atomic E-state index is -0.435. The van der Waals surface area contributed by atoms with Crippen molar-refractivity contribution in [3.63, 3.8) is 0 Å². The molecule has 1 unspecified atom stereocenters. The van der Waals surface area contributed by atoms with Crippen LogP contribution in [0.4, 0.5) is 5.82 Å². The molecule has 0 fully saturated rings. The highest BCUT2D eigenvalue weighted by Gasteiger charge is 2.23. The summed E-state index contributed by atoms with van der Waals surface area (Å²) in [4.78, 5) is 19.8. The average molecular weight is 259 g/mol. The van der Waals surface area contributed by atoms with E-state index in [1.165, 1.54) is 0 Å². The van der Waals surface area contributed by atoms with Crippen molar-refractivity contribution in [1.82, 2.24) is 14.5 Å². The largest absolute Gasteiger partial charge is 0.384 e. The number of pyridine rings is 1. The standard InChI is InChI=1S/C13H17N5O/c1-8(2)12(13(15)19)18-7-16-6-10(18)9-3-4-11(14)17-5-9/h3-8,12H,1-2H3,(H2,14,17)(H2,15,19). The number of nitrogens with two attached hydrogens (primary N) is 2. The van der Waals surface area contributed by atoms with Crippen LogP contribution in [0.15, 0.2) is 30.9 Å². The molecule has 1 atom stereocenters. The zero-order valence-electron chi connectivity index (χ0n) is 10.9. The number of hydrogen-bond acceptors (Lipinski definition) is 4. The van der Waals surface area contributed by atoms with Crippen molar-refractivity contribution in [2.24, 2.45) is 11.7 Å². The van der Waals surface area contributed by atoms with Crippen LogP contribution in [-0.4, -0.2) is 20.4 Å². The average Bonchev–Trinajstić information content (AvgIpc) is 2.78. The molecule has 0 spiro atoms. The maximum atomic E-state index is 11.6. The fourth-order valence-electron chi connectivity index (χ4n) is 2.09. The van der Waals surface area contributed by atoms with Gasteiger partial charge < -0.3 is 16.0 Å². The number of rotatable bonds is 4. The normalized spacial score (nSPS) is 12.6. The molecule has 0 bridgehead atoms. The number of carbonyl (C=O) groups excluding carboxylic acids is 1. The van der Waals surface area contributed by atoms with Crippen molar-refractivity contribution >= 4 is 11.7 Å². The van der Waals surface area contributed by atoms with Gasteiger partial charge in [-0.25, -0.2) is 9.97 Å². The fourth-order valence-corrected chi connectivity index (χ4v) is 2.09. The van der Waals surface area contributed by atoms with Gasteiger partial charge in [-0.2, -0.15) is 0 Å². The number of nitrogen functional groups attached to an aromatic ring is 1. The number of anilines is 1. The Kier molecular flexibility index (Phi) is 3.50. The van der Waals surface area contributed by atoms with Gasteiger partial charge >= 0.3 is 0 Å². The molecule has 1 amide bonds. The summed E-state index contributed by atoms with van der Waals surface area (Å²) in [6.07, 6.45) is 4.95. The molecule has 100 valence electrons. The molecule has 0 radical (unpaired) electrons. The van der Waals surface area contributed by atoms with Crippen LogP contribution in [0.5, 0.6) is 0 Å². The first-order valence-electron chi connectivity index (χ1n) is 6.03. The van der Waals surface area contributed by atoms with Crippen LogP contribution in [0.25, 0.3) is 11.3 Å². The SMILES string of the molecule is CC(C)C(C(N)=O)n1cncc1-c1ccc(N)nc1. The Bertz CT molecular complexity index is 573. The molecule has 19 heavy (non-hydrogen) atoms. The molecular formula is C13H17N5O. The minimum Gasteiger partial charge on any atom is -0.384 e. The maximum absolute atomic E-state index is 11.6. The van der Waals surface area contributed by atoms with E-state index >= 15 is 0 Å². The lowest BCUT2D eigenvalue weighted by Crippen LogP contribution is -2.30. The van der Waals surface area contributed by atoms with Gasteiger partial charge in [0.1, 0.15) is 11.9 Å². The van der Waals surface area contributed by atoms with Gasteiger partial charge in [-0.05, 0) is 18.1 Å². The lowest BCUT2D eigenvalue weighted by atomic mass is 10.0. The number of nitrogens with zero attached hydrogens (tertiary/aromatic N) is 3. The molecule has 0 aliphatic heterocycles. The van der Waals surface area contributed by atoms with Gasteiger partial charge in [-0.1, -0.05) is 13.8 Å². The van der Waals surface area contributed by atoms with Crippen molar-refractivity contribution < 1.29 is 4.79 Å². The van der Waals surface area contributed by atoms with Crippen molar-refractivity contribution in [2.75, 3.05) is 5.73 Å². The van der Waals surface area contributed by atoms with Gasteiger partial charge in [-0.15, -0.1) is 0 Å². The highest BCUT2D eigenvalue weighted by molar-refractivity contribution is 5.79. The molecule has 4 N–H and O–H groups in total. The monoisotopic (exact) mass is 259 g/mol. The Morgan fingerprint density at radius 3 is 2.58 bits per heavy atom. The van der Waals surface area contributed by atoms with Crippen LogP contribution in [-0.2, 0) is 4.79 Å². The lowest BCUT2D eigenvalue weighted by molar-refractivity contribution is -0.122. The third-order valence-electron chi connectivity index (χ3n) is 2.97. The zero-order valence-corrected chi connectivity index (χ0v) is 10.9. The predicted molar refractivity (Wildman–Crippen MR) is 72.9 cm³/mol. The highest BCUT2D eigenvalue weighted by atomic mass is 16.1. The van der Waals surface area contributed by atoms with Gasteiger partial charge in [-0.3, -0.25) is 4.79 Å². The summed E-state index contributed by atoms with van der Waals surface area (Å²) in [7, 11) is 0. The summed E-state index contributed by atoms with van der Waals surface area (Å²) in [5.74, 6) is 0.148. The highest BCUT2D eigenvalue weighted by Crippen LogP contribution is 2.26. The summed E-state index contributed by atoms with van der Waals surface area (Å²) < 4.78 is 1.78. The van der Waals surface area contributed by atoms with Crippen molar-refractivity contribution in [3.05, 3.63) is 30.9 Å². The summed E-state index contributed by atoms with van der Waals surface area (Å²) in [6.45, 7) is 3.89. The molecule has 2 heterocycles. The number of carbonyl (C=O) groups is 1. The van der Waals surface area contributed by atoms with Gasteiger partial charge in [0.2, 0.25) is 5.91 Å². The van der Waals surface area contributed by atoms with Crippen molar-refractivity contribution in [2.45, 2.75) is 19.9 Å². The van der Waals surface area contributed by atoms with Gasteiger partial charge in [0.15, 0.2) is 0 Å². The van der Waals surface area contributed by atoms with Crippen LogP contribution in [0.3, 0.4) is 0 Å². The molecule has 0 aliphatic rings. The number of aromatic nitrogens is 3. The van der Waals surface area contributed by atoms with Crippen LogP contribution in [0.1, 0.15) is 19.9 Å². The Morgan fingerprint density at radius 2 is 2.05 bits per heavy atom. The third-order valence-corrected chi connectivity index (χ3v) is 2.97. The van der Waals surface area contributed by atoms with E-state index in [1.807, 2.05) is 19.9 Å². The van der Waals surface area contributed by atoms with E-state index in [9.17, 15) is 4.79 Å². The van der Waals surface area contributed by atoms with Crippen LogP contribution in [0, 0.1) is 5.92 Å². The van der Waals surface area contributed by atoms with E-state index in [-0.39, 0.29) is 11.8 Å². The Labute approximate surface area is 111 Å². The van der Waals surface area contributed by atoms with Gasteiger partial charge in [0.05, 0.1) is 18.2 Å². The molecule has 0 aromatic carbocycles. The Balaban J connectivity index is 2.47. The summed E-state index contributed by atoms with van der Waals surface area (Å²) in [6, 6.07) is 3.12. The molecule has 2 rings (SSSR count). The predicted octanol–water partition coefficient (Wildman–Crippen LogP) is 1.21. The molecule has 2 aromatic heterocycles. The third kappa shape index (κ3) is 2.57. The Morgan fingerprint density at radius 1 is 1.32 bits per heavy atom. The summed E-state index contributed by atoms with van der Waals surface area (Å²) in [5, 5.41) is 0. The summed E-state index contributed by atoms with van der Waals surface area (Å²) in [5.41, 5.74) is 12.7. The number of hydrogen-bond donors (Lipinski definition) is 2. The Hall–Kier alpha value is -2.37. The fraction of sp³-hybridized carbons (Fsp3) is 0.308. The molecule has 6 nitrogen and oxygen atoms in total. The first-order valence-corrected chi connectivity index (χ1v) is 6.03. The first-order chi connectivity index (χ1) is 9.00. The van der Waals surface area contributed by atoms with E-state index in [4.69, 9.17) is 11.5 Å². The van der Waals surface area contributed by atoms with Crippen molar-refractivity contribution in [3.8, 4) is 11.3 Å². The smallest absolute Gasteiger partial charge is 0.240 e. The van der Waals surface area contributed by atoms with E-state index in [0.717, 1.165) is 11.3 Å². The summed E-state index contributed by atoms with van der Waals surface area (Å²) >= 11 is 0. The first kappa shape index (κ1) is 13.1. The molecule has 0 saturated heterocycles. The van der Waals surface area contributed by atoms with Gasteiger partial charge in [0.25, 0.3) is 0 Å². The number of amides is 1. The van der Waals surface area contributed by atoms with Crippen LogP contribution >= 0.6 is 0 Å². The van der Waals surface area contributed by atoms with E-state index < -0.39 is 6.04 Å². The van der Waals surface area contributed by atoms with Crippen molar-refractivity contribution in [1.29, 1.82) is 0 Å². The molecule has 0 aliphatic carbocycles. The quantitative estimate of drug-likeness (QED) is 0.861. The van der Waals surface area contributed by atoms with Crippen LogP contribution < -0.4 is 11.5 Å². The maximum Gasteiger partial charge on any atom is 0.240 e. The topological polar surface area (TPSA) is 99.8 Å². The molecular weight excluding hydrogens is 242 g/mol. The van der Waals surface area contributed by atoms with E-state index in [0.29, 0.717) is 5.82 Å². The second-order valence-electron chi connectivity index (χ2n) is 4.75. The lowest BCUT2D eigenvalue weighted by Gasteiger charge is -2.21.